The van der Waals surface area contributed by atoms with E-state index >= 15 is 0 Å². The third-order valence-electron chi connectivity index (χ3n) is 6.82. The number of piperazine rings is 1. The summed E-state index contributed by atoms with van der Waals surface area (Å²) < 4.78 is 5.38. The molecule has 0 radical (unpaired) electrons. The summed E-state index contributed by atoms with van der Waals surface area (Å²) in [6.07, 6.45) is 4.07. The fourth-order valence-electron chi connectivity index (χ4n) is 4.97. The third kappa shape index (κ3) is 4.47. The van der Waals surface area contributed by atoms with Gasteiger partial charge in [-0.05, 0) is 48.9 Å². The number of hydrogen-bond acceptors (Lipinski definition) is 4. The van der Waals surface area contributed by atoms with Crippen LogP contribution in [-0.4, -0.2) is 49.1 Å². The second-order valence-electron chi connectivity index (χ2n) is 8.45. The molecule has 1 saturated carbocycles. The maximum atomic E-state index is 10.0. The zero-order chi connectivity index (χ0) is 20.1. The van der Waals surface area contributed by atoms with Gasteiger partial charge in [0.15, 0.2) is 0 Å². The summed E-state index contributed by atoms with van der Waals surface area (Å²) in [4.78, 5) is 5.22. The van der Waals surface area contributed by atoms with Crippen molar-refractivity contribution in [3.8, 4) is 11.8 Å². The average molecular weight is 390 g/mol. The minimum absolute atomic E-state index is 0.361. The zero-order valence-electron chi connectivity index (χ0n) is 17.4. The topological polar surface area (TPSA) is 39.5 Å². The van der Waals surface area contributed by atoms with E-state index in [4.69, 9.17) is 4.74 Å². The van der Waals surface area contributed by atoms with Gasteiger partial charge in [-0.2, -0.15) is 5.26 Å². The molecular formula is C25H31N3O. The van der Waals surface area contributed by atoms with Crippen LogP contribution in [0, 0.1) is 11.3 Å². The van der Waals surface area contributed by atoms with Crippen molar-refractivity contribution in [3.63, 3.8) is 0 Å². The molecule has 4 rings (SSSR count). The first-order valence-electron chi connectivity index (χ1n) is 10.8. The number of benzene rings is 2. The highest BCUT2D eigenvalue weighted by Gasteiger charge is 2.39. The van der Waals surface area contributed by atoms with Crippen molar-refractivity contribution in [2.45, 2.75) is 43.7 Å². The van der Waals surface area contributed by atoms with Gasteiger partial charge in [-0.15, -0.1) is 0 Å². The van der Waals surface area contributed by atoms with E-state index in [9.17, 15) is 5.26 Å². The lowest BCUT2D eigenvalue weighted by Crippen LogP contribution is -2.51. The van der Waals surface area contributed by atoms with Crippen LogP contribution in [-0.2, 0) is 12.0 Å². The lowest BCUT2D eigenvalue weighted by Gasteiger charge is -2.44. The first kappa shape index (κ1) is 19.9. The predicted molar refractivity (Wildman–Crippen MR) is 116 cm³/mol. The lowest BCUT2D eigenvalue weighted by atomic mass is 9.69. The fourth-order valence-corrected chi connectivity index (χ4v) is 4.97. The van der Waals surface area contributed by atoms with Gasteiger partial charge in [0.1, 0.15) is 5.75 Å². The van der Waals surface area contributed by atoms with Crippen molar-refractivity contribution in [1.29, 1.82) is 5.26 Å². The largest absolute Gasteiger partial charge is 0.497 e. The first-order valence-corrected chi connectivity index (χ1v) is 10.8. The van der Waals surface area contributed by atoms with E-state index in [0.717, 1.165) is 69.7 Å². The standard InChI is InChI=1S/C25H31N3O/c1-29-24-9-5-8-22(18-24)25(20-26)12-10-23(11-13-25)28-16-14-27(15-17-28)19-21-6-3-2-4-7-21/h2-9,18,23H,10-17,19H2,1H3/t23-,25+. The van der Waals surface area contributed by atoms with Crippen LogP contribution in [0.15, 0.2) is 54.6 Å². The smallest absolute Gasteiger partial charge is 0.119 e. The van der Waals surface area contributed by atoms with E-state index in [0.29, 0.717) is 6.04 Å². The van der Waals surface area contributed by atoms with Gasteiger partial charge in [-0.1, -0.05) is 42.5 Å². The molecule has 0 spiro atoms. The third-order valence-corrected chi connectivity index (χ3v) is 6.82. The van der Waals surface area contributed by atoms with Crippen LogP contribution in [0.5, 0.6) is 5.75 Å². The minimum Gasteiger partial charge on any atom is -0.497 e. The molecule has 29 heavy (non-hydrogen) atoms. The van der Waals surface area contributed by atoms with Crippen molar-refractivity contribution < 1.29 is 4.74 Å². The Bertz CT molecular complexity index is 829. The maximum absolute atomic E-state index is 10.0. The number of nitrogens with zero attached hydrogens (tertiary/aromatic N) is 3. The number of nitriles is 1. The Labute approximate surface area is 174 Å². The van der Waals surface area contributed by atoms with E-state index in [1.807, 2.05) is 18.2 Å². The molecule has 1 saturated heterocycles. The van der Waals surface area contributed by atoms with Crippen LogP contribution >= 0.6 is 0 Å². The average Bonchev–Trinajstić information content (AvgIpc) is 2.80. The normalized spacial score (nSPS) is 26.0. The minimum atomic E-state index is -0.361. The first-order chi connectivity index (χ1) is 14.2. The number of methoxy groups -OCH3 is 1. The molecule has 1 heterocycles. The molecule has 0 amide bonds. The second kappa shape index (κ2) is 8.98. The Morgan fingerprint density at radius 2 is 1.72 bits per heavy atom. The van der Waals surface area contributed by atoms with Gasteiger partial charge in [0.2, 0.25) is 0 Å². The van der Waals surface area contributed by atoms with Gasteiger partial charge < -0.3 is 4.74 Å². The quantitative estimate of drug-likeness (QED) is 0.768. The Hall–Kier alpha value is -2.35. The highest BCUT2D eigenvalue weighted by atomic mass is 16.5. The van der Waals surface area contributed by atoms with Crippen molar-refractivity contribution in [2.75, 3.05) is 33.3 Å². The van der Waals surface area contributed by atoms with Gasteiger partial charge in [0.05, 0.1) is 18.6 Å². The molecule has 2 aromatic carbocycles. The summed E-state index contributed by atoms with van der Waals surface area (Å²) >= 11 is 0. The molecule has 2 aromatic rings. The van der Waals surface area contributed by atoms with Crippen LogP contribution < -0.4 is 4.74 Å². The highest BCUT2D eigenvalue weighted by molar-refractivity contribution is 5.38. The van der Waals surface area contributed by atoms with Gasteiger partial charge in [0, 0.05) is 38.8 Å². The molecule has 4 nitrogen and oxygen atoms in total. The molecule has 0 N–H and O–H groups in total. The van der Waals surface area contributed by atoms with Gasteiger partial charge in [0.25, 0.3) is 0 Å². The maximum Gasteiger partial charge on any atom is 0.119 e. The number of ether oxygens (including phenoxy) is 1. The van der Waals surface area contributed by atoms with Crippen LogP contribution in [0.2, 0.25) is 0 Å². The fraction of sp³-hybridized carbons (Fsp3) is 0.480. The van der Waals surface area contributed by atoms with E-state index in [-0.39, 0.29) is 5.41 Å². The van der Waals surface area contributed by atoms with Crippen LogP contribution in [0.3, 0.4) is 0 Å². The summed E-state index contributed by atoms with van der Waals surface area (Å²) in [5.74, 6) is 0.841. The predicted octanol–water partition coefficient (Wildman–Crippen LogP) is 4.22. The van der Waals surface area contributed by atoms with Crippen LogP contribution in [0.25, 0.3) is 0 Å². The molecule has 152 valence electrons. The molecule has 1 aliphatic carbocycles. The Morgan fingerprint density at radius 3 is 2.38 bits per heavy atom. The molecule has 2 aliphatic rings. The molecule has 0 unspecified atom stereocenters. The summed E-state index contributed by atoms with van der Waals surface area (Å²) in [5.41, 5.74) is 2.15. The van der Waals surface area contributed by atoms with E-state index in [1.165, 1.54) is 5.56 Å². The van der Waals surface area contributed by atoms with E-state index in [1.54, 1.807) is 7.11 Å². The van der Waals surface area contributed by atoms with E-state index in [2.05, 4.69) is 52.3 Å². The van der Waals surface area contributed by atoms with Gasteiger partial charge in [-0.3, -0.25) is 9.80 Å². The van der Waals surface area contributed by atoms with Gasteiger partial charge in [-0.25, -0.2) is 0 Å². The molecule has 0 aromatic heterocycles. The number of hydrogen-bond donors (Lipinski definition) is 0. The van der Waals surface area contributed by atoms with Crippen molar-refractivity contribution in [2.24, 2.45) is 0 Å². The summed E-state index contributed by atoms with van der Waals surface area (Å²) in [5, 5.41) is 10.0. The number of rotatable bonds is 5. The Kier molecular flexibility index (Phi) is 6.18. The van der Waals surface area contributed by atoms with Crippen LogP contribution in [0.4, 0.5) is 0 Å². The summed E-state index contributed by atoms with van der Waals surface area (Å²) in [6.45, 7) is 5.58. The Balaban J connectivity index is 1.32. The molecule has 2 fully saturated rings. The second-order valence-corrected chi connectivity index (χ2v) is 8.45. The van der Waals surface area contributed by atoms with Crippen molar-refractivity contribution in [1.82, 2.24) is 9.80 Å². The zero-order valence-corrected chi connectivity index (χ0v) is 17.4. The summed E-state index contributed by atoms with van der Waals surface area (Å²) in [7, 11) is 1.69. The van der Waals surface area contributed by atoms with Crippen molar-refractivity contribution in [3.05, 3.63) is 65.7 Å². The summed E-state index contributed by atoms with van der Waals surface area (Å²) in [6, 6.07) is 22.1. The van der Waals surface area contributed by atoms with Crippen molar-refractivity contribution >= 4 is 0 Å². The SMILES string of the molecule is COc1cccc([C@]2(C#N)CC[C@H](N3CCN(Cc4ccccc4)CC3)CC2)c1. The monoisotopic (exact) mass is 389 g/mol. The molecule has 0 atom stereocenters. The molecule has 1 aliphatic heterocycles. The lowest BCUT2D eigenvalue weighted by molar-refractivity contribution is 0.0677. The molecule has 4 heteroatoms. The highest BCUT2D eigenvalue weighted by Crippen LogP contribution is 2.41. The van der Waals surface area contributed by atoms with E-state index < -0.39 is 0 Å². The van der Waals surface area contributed by atoms with Crippen LogP contribution in [0.1, 0.15) is 36.8 Å². The molecule has 0 bridgehead atoms. The molecular weight excluding hydrogens is 358 g/mol. The van der Waals surface area contributed by atoms with Gasteiger partial charge >= 0.3 is 0 Å². The Morgan fingerprint density at radius 1 is 1.00 bits per heavy atom.